The van der Waals surface area contributed by atoms with Crippen molar-refractivity contribution in [2.45, 2.75) is 46.0 Å². The summed E-state index contributed by atoms with van der Waals surface area (Å²) in [5, 5.41) is 3.39. The van der Waals surface area contributed by atoms with Gasteiger partial charge in [0.1, 0.15) is 0 Å². The van der Waals surface area contributed by atoms with Gasteiger partial charge in [0.05, 0.1) is 0 Å². The molecule has 0 radical (unpaired) electrons. The Bertz CT molecular complexity index is 204. The van der Waals surface area contributed by atoms with E-state index in [9.17, 15) is 4.79 Å². The molecule has 0 saturated carbocycles. The predicted molar refractivity (Wildman–Crippen MR) is 74.6 cm³/mol. The minimum atomic E-state index is 0. The second kappa shape index (κ2) is 9.72. The zero-order valence-corrected chi connectivity index (χ0v) is 12.0. The lowest BCUT2D eigenvalue weighted by molar-refractivity contribution is -0.132. The molecule has 1 aliphatic heterocycles. The minimum Gasteiger partial charge on any atom is -0.343 e. The molecule has 17 heavy (non-hydrogen) atoms. The third-order valence-electron chi connectivity index (χ3n) is 3.39. The maximum Gasteiger partial charge on any atom is 0.222 e. The lowest BCUT2D eigenvalue weighted by atomic mass is 9.96. The first-order chi connectivity index (χ1) is 7.77. The highest BCUT2D eigenvalue weighted by atomic mass is 35.5. The van der Waals surface area contributed by atoms with E-state index in [4.69, 9.17) is 0 Å². The summed E-state index contributed by atoms with van der Waals surface area (Å²) < 4.78 is 0. The molecule has 0 bridgehead atoms. The molecule has 4 heteroatoms. The molecule has 1 fully saturated rings. The molecule has 1 amide bonds. The van der Waals surface area contributed by atoms with Crippen molar-refractivity contribution in [1.29, 1.82) is 0 Å². The van der Waals surface area contributed by atoms with Crippen molar-refractivity contribution in [2.24, 2.45) is 5.92 Å². The third kappa shape index (κ3) is 6.27. The summed E-state index contributed by atoms with van der Waals surface area (Å²) in [5.74, 6) is 1.14. The van der Waals surface area contributed by atoms with E-state index < -0.39 is 0 Å². The number of unbranched alkanes of at least 4 members (excludes halogenated alkanes) is 1. The van der Waals surface area contributed by atoms with Gasteiger partial charge in [0.25, 0.3) is 0 Å². The molecule has 1 heterocycles. The molecule has 1 aliphatic rings. The fraction of sp³-hybridized carbons (Fsp3) is 0.923. The van der Waals surface area contributed by atoms with Crippen LogP contribution in [0.5, 0.6) is 0 Å². The van der Waals surface area contributed by atoms with Gasteiger partial charge in [-0.3, -0.25) is 4.79 Å². The molecule has 3 nitrogen and oxygen atoms in total. The van der Waals surface area contributed by atoms with Gasteiger partial charge in [-0.15, -0.1) is 12.4 Å². The van der Waals surface area contributed by atoms with E-state index in [-0.39, 0.29) is 12.4 Å². The Morgan fingerprint density at radius 1 is 1.29 bits per heavy atom. The summed E-state index contributed by atoms with van der Waals surface area (Å²) in [6.45, 7) is 8.39. The first-order valence-corrected chi connectivity index (χ1v) is 6.76. The lowest BCUT2D eigenvalue weighted by Gasteiger charge is -2.32. The highest BCUT2D eigenvalue weighted by Gasteiger charge is 2.21. The zero-order chi connectivity index (χ0) is 11.8. The van der Waals surface area contributed by atoms with Crippen LogP contribution in [-0.4, -0.2) is 37.0 Å². The van der Waals surface area contributed by atoms with Crippen LogP contribution in [0.25, 0.3) is 0 Å². The van der Waals surface area contributed by atoms with Crippen LogP contribution >= 0.6 is 12.4 Å². The summed E-state index contributed by atoms with van der Waals surface area (Å²) >= 11 is 0. The maximum absolute atomic E-state index is 11.8. The highest BCUT2D eigenvalue weighted by molar-refractivity contribution is 5.85. The molecule has 0 unspecified atom stereocenters. The topological polar surface area (TPSA) is 32.3 Å². The zero-order valence-electron chi connectivity index (χ0n) is 11.2. The van der Waals surface area contributed by atoms with E-state index in [2.05, 4.69) is 24.1 Å². The van der Waals surface area contributed by atoms with Crippen molar-refractivity contribution in [3.63, 3.8) is 0 Å². The number of nitrogens with one attached hydrogen (secondary N) is 1. The summed E-state index contributed by atoms with van der Waals surface area (Å²) in [4.78, 5) is 13.8. The van der Waals surface area contributed by atoms with Gasteiger partial charge < -0.3 is 10.2 Å². The van der Waals surface area contributed by atoms with E-state index in [1.165, 1.54) is 12.8 Å². The molecule has 0 atom stereocenters. The molecule has 1 saturated heterocycles. The van der Waals surface area contributed by atoms with Crippen molar-refractivity contribution >= 4 is 18.3 Å². The molecule has 0 aliphatic carbocycles. The van der Waals surface area contributed by atoms with Crippen LogP contribution in [0.2, 0.25) is 0 Å². The fourth-order valence-electron chi connectivity index (χ4n) is 2.22. The molecular weight excluding hydrogens is 236 g/mol. The fourth-order valence-corrected chi connectivity index (χ4v) is 2.22. The van der Waals surface area contributed by atoms with E-state index in [0.717, 1.165) is 51.4 Å². The molecule has 1 N–H and O–H groups in total. The van der Waals surface area contributed by atoms with Crippen molar-refractivity contribution in [3.05, 3.63) is 0 Å². The summed E-state index contributed by atoms with van der Waals surface area (Å²) in [5.41, 5.74) is 0. The van der Waals surface area contributed by atoms with Gasteiger partial charge in [0.2, 0.25) is 5.91 Å². The van der Waals surface area contributed by atoms with Crippen molar-refractivity contribution in [3.8, 4) is 0 Å². The van der Waals surface area contributed by atoms with Crippen molar-refractivity contribution in [1.82, 2.24) is 10.2 Å². The monoisotopic (exact) mass is 262 g/mol. The Labute approximate surface area is 112 Å². The van der Waals surface area contributed by atoms with Crippen LogP contribution in [-0.2, 0) is 4.79 Å². The van der Waals surface area contributed by atoms with Crippen molar-refractivity contribution < 1.29 is 4.79 Å². The SMILES string of the molecule is CCCCC(=O)N1CCC(CNCC)CC1.Cl. The van der Waals surface area contributed by atoms with Crippen molar-refractivity contribution in [2.75, 3.05) is 26.2 Å². The number of nitrogens with zero attached hydrogens (tertiary/aromatic N) is 1. The highest BCUT2D eigenvalue weighted by Crippen LogP contribution is 2.17. The maximum atomic E-state index is 11.8. The second-order valence-corrected chi connectivity index (χ2v) is 4.74. The number of piperidine rings is 1. The summed E-state index contributed by atoms with van der Waals surface area (Å²) in [7, 11) is 0. The van der Waals surface area contributed by atoms with E-state index in [1.54, 1.807) is 0 Å². The third-order valence-corrected chi connectivity index (χ3v) is 3.39. The van der Waals surface area contributed by atoms with Crippen LogP contribution in [0.3, 0.4) is 0 Å². The minimum absolute atomic E-state index is 0. The lowest BCUT2D eigenvalue weighted by Crippen LogP contribution is -2.40. The largest absolute Gasteiger partial charge is 0.343 e. The van der Waals surface area contributed by atoms with Gasteiger partial charge in [-0.2, -0.15) is 0 Å². The van der Waals surface area contributed by atoms with Crippen LogP contribution in [0, 0.1) is 5.92 Å². The smallest absolute Gasteiger partial charge is 0.222 e. The first-order valence-electron chi connectivity index (χ1n) is 6.76. The van der Waals surface area contributed by atoms with Gasteiger partial charge in [-0.25, -0.2) is 0 Å². The number of hydrogen-bond donors (Lipinski definition) is 1. The predicted octanol–water partition coefficient (Wildman–Crippen LogP) is 2.45. The van der Waals surface area contributed by atoms with Gasteiger partial charge in [-0.1, -0.05) is 20.3 Å². The Morgan fingerprint density at radius 2 is 1.94 bits per heavy atom. The molecule has 102 valence electrons. The summed E-state index contributed by atoms with van der Waals surface area (Å²) in [6.07, 6.45) is 5.24. The molecule has 0 aromatic rings. The van der Waals surface area contributed by atoms with E-state index in [1.807, 2.05) is 0 Å². The number of carbonyl (C=O) groups is 1. The molecular formula is C13H27ClN2O. The van der Waals surface area contributed by atoms with Gasteiger partial charge >= 0.3 is 0 Å². The Hall–Kier alpha value is -0.280. The van der Waals surface area contributed by atoms with Crippen LogP contribution in [0.15, 0.2) is 0 Å². The van der Waals surface area contributed by atoms with Crippen LogP contribution in [0.1, 0.15) is 46.0 Å². The first kappa shape index (κ1) is 16.7. The molecule has 0 aromatic heterocycles. The standard InChI is InChI=1S/C13H26N2O.ClH/c1-3-5-6-13(16)15-9-7-12(8-10-15)11-14-4-2;/h12,14H,3-11H2,1-2H3;1H. The van der Waals surface area contributed by atoms with Gasteiger partial charge in [0, 0.05) is 19.5 Å². The number of amides is 1. The average molecular weight is 263 g/mol. The number of carbonyl (C=O) groups excluding carboxylic acids is 1. The molecule has 0 aromatic carbocycles. The quantitative estimate of drug-likeness (QED) is 0.798. The average Bonchev–Trinajstić information content (AvgIpc) is 2.34. The molecule has 0 spiro atoms. The number of halogens is 1. The van der Waals surface area contributed by atoms with E-state index >= 15 is 0 Å². The van der Waals surface area contributed by atoms with Crippen LogP contribution in [0.4, 0.5) is 0 Å². The normalized spacial score (nSPS) is 16.7. The Balaban J connectivity index is 0.00000256. The number of hydrogen-bond acceptors (Lipinski definition) is 2. The number of rotatable bonds is 6. The van der Waals surface area contributed by atoms with Crippen LogP contribution < -0.4 is 5.32 Å². The Kier molecular flexibility index (Phi) is 9.56. The van der Waals surface area contributed by atoms with E-state index in [0.29, 0.717) is 5.91 Å². The Morgan fingerprint density at radius 3 is 2.47 bits per heavy atom. The second-order valence-electron chi connectivity index (χ2n) is 4.74. The van der Waals surface area contributed by atoms with Gasteiger partial charge in [-0.05, 0) is 38.3 Å². The molecule has 1 rings (SSSR count). The van der Waals surface area contributed by atoms with Gasteiger partial charge in [0.15, 0.2) is 0 Å². The number of likely N-dealkylation sites (tertiary alicyclic amines) is 1. The summed E-state index contributed by atoms with van der Waals surface area (Å²) in [6, 6.07) is 0.